The molecule has 0 aliphatic carbocycles. The Morgan fingerprint density at radius 2 is 0.919 bits per heavy atom. The Bertz CT molecular complexity index is 4600. The number of Topliss-reactive ketones (excluding diaryl/α,β-unsaturated/α-hetero) is 1. The van der Waals surface area contributed by atoms with Gasteiger partial charge >= 0.3 is 76.2 Å². The zero-order valence-corrected chi connectivity index (χ0v) is 73.2. The molecule has 4 rings (SSSR count). The van der Waals surface area contributed by atoms with Crippen LogP contribution < -0.4 is 65.8 Å². The van der Waals surface area contributed by atoms with Crippen molar-refractivity contribution in [2.24, 2.45) is 5.73 Å². The quantitative estimate of drug-likeness (QED) is 0.0135. The minimum absolute atomic E-state index is 0.0108. The van der Waals surface area contributed by atoms with Gasteiger partial charge in [0, 0.05) is 93.9 Å². The van der Waals surface area contributed by atoms with E-state index < -0.39 is 199 Å². The maximum absolute atomic E-state index is 12.7. The second-order valence-electron chi connectivity index (χ2n) is 25.4. The first-order valence-corrected chi connectivity index (χ1v) is 49.5. The van der Waals surface area contributed by atoms with E-state index >= 15 is 0 Å². The van der Waals surface area contributed by atoms with Crippen molar-refractivity contribution in [3.63, 3.8) is 0 Å². The van der Waals surface area contributed by atoms with E-state index in [1.165, 1.54) is 57.0 Å². The predicted octanol–water partition coefficient (Wildman–Crippen LogP) is -3.11. The number of amides is 7. The van der Waals surface area contributed by atoms with Crippen molar-refractivity contribution < 1.29 is 181 Å². The topological polar surface area (TPSA) is 859 Å². The van der Waals surface area contributed by atoms with E-state index in [9.17, 15) is 120 Å². The number of nitrogens with zero attached hydrogens (tertiary/aromatic N) is 4. The van der Waals surface area contributed by atoms with Crippen molar-refractivity contribution >= 4 is 167 Å². The highest BCUT2D eigenvalue weighted by atomic mass is 33.1. The number of hydrogen-bond donors (Lipinski definition) is 23. The summed E-state index contributed by atoms with van der Waals surface area (Å²) in [6.07, 6.45) is -4.63. The molecule has 0 aromatic carbocycles. The first-order valence-electron chi connectivity index (χ1n) is 35.5. The number of aliphatic hydroxyl groups excluding tert-OH is 2. The SMILES string of the molecule is CC(=O)NC(CSSCCC(=O)NCC#Cc1cn(C2CC(O)C(COP(=O)(O)OP(=O)(O)OP(=O)(O)O)O2)c(=O)nc1N)C(=O)NCCCCCC(=O)NC(CC(=O)O)C(C)=O.Nc1nc(=O)n(C2CC(O)C(COP(=O)(O)OP(=O)(O)OP(=O)(O)O)O2)cc1C#CCNC(=O)CCSSCC(N)C(=O)NCCCCCC(=O)NC(CC(=O)O)C(=O)O. The number of hydrogen-bond acceptors (Lipinski definition) is 38. The van der Waals surface area contributed by atoms with Crippen LogP contribution in [0.2, 0.25) is 0 Å². The first-order chi connectivity index (χ1) is 57.1. The molecule has 0 spiro atoms. The van der Waals surface area contributed by atoms with Crippen molar-refractivity contribution in [1.29, 1.82) is 0 Å². The van der Waals surface area contributed by atoms with Gasteiger partial charge in [-0.05, 0) is 32.6 Å². The minimum Gasteiger partial charge on any atom is -0.481 e. The molecule has 2 aromatic rings. The van der Waals surface area contributed by atoms with Gasteiger partial charge in [0.25, 0.3) is 0 Å². The zero-order valence-electron chi connectivity index (χ0n) is 64.6. The van der Waals surface area contributed by atoms with Crippen molar-refractivity contribution in [2.75, 3.05) is 73.9 Å². The smallest absolute Gasteiger partial charge is 0.481 e. The van der Waals surface area contributed by atoms with Gasteiger partial charge in [-0.1, -0.05) is 79.7 Å². The highest BCUT2D eigenvalue weighted by molar-refractivity contribution is 8.77. The average molecular weight is 1950 g/mol. The van der Waals surface area contributed by atoms with Crippen molar-refractivity contribution in [1.82, 2.24) is 56.3 Å². The van der Waals surface area contributed by atoms with Gasteiger partial charge in [0.05, 0.1) is 74.6 Å². The van der Waals surface area contributed by atoms with E-state index in [0.29, 0.717) is 50.0 Å². The van der Waals surface area contributed by atoms with Gasteiger partial charge in [0.15, 0.2) is 5.78 Å². The number of nitrogen functional groups attached to an aromatic ring is 2. The second kappa shape index (κ2) is 53.5. The van der Waals surface area contributed by atoms with Gasteiger partial charge in [-0.3, -0.25) is 66.1 Å². The molecule has 2 fully saturated rings. The number of carboxylic acid groups (broad SMARTS) is 3. The second-order valence-corrected chi connectivity index (χ2v) is 39.5. The standard InChI is InChI=1S/C31H48N7O20P3S2.C28H44N7O20P3S2/c1-18(39)21(13-28(44)45)36-26(43)8-4-3-5-10-34-30(46)22(35-19(2)40)17-63-62-12-9-25(42)33-11-6-7-20-15-38(31(47)37-29(20)32)27-14-23(41)24(56-27)16-55-60(51,52)58-61(53,54)57-59(48,49)50;29-17(26(41)32-8-3-1-2-6-22(38)33-18(27(42)43)11-24(39)40)15-60-59-10-7-21(37)31-9-4-5-16-13-35(28(44)34-25(16)30)23-12-19(36)20(53-23)14-52-57(48,49)55-58(50,51)54-56(45,46)47/h15,21-24,27,41H,3-5,8-14,16-17H2,1-2H3,(H,33,42)(H,34,46)(H,35,40)(H,36,43)(H,44,45)(H,51,52)(H,53,54)(H2,32,37,47)(H2,48,49,50);13,17-20,23,36H,1-3,6-12,14-15,29H2,(H,31,37)(H,32,41)(H,33,38)(H,39,40)(H,42,43)(H,48,49)(H,50,51)(H2,30,34,44)(H2,45,46,47). The molecule has 26 N–H and O–H groups in total. The molecule has 2 aliphatic rings. The van der Waals surface area contributed by atoms with Gasteiger partial charge in [-0.15, -0.1) is 0 Å². The molecule has 2 saturated heterocycles. The van der Waals surface area contributed by atoms with E-state index in [4.69, 9.17) is 61.6 Å². The van der Waals surface area contributed by atoms with Gasteiger partial charge in [-0.25, -0.2) is 41.8 Å². The van der Waals surface area contributed by atoms with Crippen LogP contribution in [0, 0.1) is 23.7 Å². The van der Waals surface area contributed by atoms with Crippen LogP contribution in [0.25, 0.3) is 0 Å². The van der Waals surface area contributed by atoms with Crippen LogP contribution in [-0.2, 0) is 116 Å². The fraction of sp³-hybridized carbons (Fsp3) is 0.610. The number of phosphoric ester groups is 2. The molecular formula is C59H92N14O40P6S4. The number of aromatic nitrogens is 4. The van der Waals surface area contributed by atoms with Crippen LogP contribution in [0.3, 0.4) is 0 Å². The van der Waals surface area contributed by atoms with E-state index in [1.807, 2.05) is 0 Å². The Kier molecular flexibility index (Phi) is 47.9. The first kappa shape index (κ1) is 110. The third-order valence-corrected chi connectivity index (χ3v) is 27.8. The lowest BCUT2D eigenvalue weighted by atomic mass is 10.1. The third-order valence-electron chi connectivity index (χ3n) is 15.3. The summed E-state index contributed by atoms with van der Waals surface area (Å²) in [5.74, 6) is 3.61. The molecule has 4 heterocycles. The van der Waals surface area contributed by atoms with Crippen LogP contribution in [0.15, 0.2) is 22.0 Å². The largest absolute Gasteiger partial charge is 0.490 e. The number of phosphoric acid groups is 6. The molecule has 64 heteroatoms. The normalized spacial score (nSPS) is 19.2. The van der Waals surface area contributed by atoms with Crippen LogP contribution in [0.1, 0.15) is 127 Å². The molecule has 0 saturated carbocycles. The van der Waals surface area contributed by atoms with Crippen molar-refractivity contribution in [2.45, 2.75) is 165 Å². The number of nitrogens with one attached hydrogen (secondary N) is 7. The Labute approximate surface area is 712 Å². The number of carbonyl (C=O) groups excluding carboxylic acids is 8. The van der Waals surface area contributed by atoms with E-state index in [0.717, 1.165) is 21.5 Å². The number of carboxylic acids is 3. The van der Waals surface area contributed by atoms with E-state index in [2.05, 4.69) is 97.2 Å². The van der Waals surface area contributed by atoms with Gasteiger partial charge in [0.2, 0.25) is 41.4 Å². The molecule has 54 nitrogen and oxygen atoms in total. The molecule has 2 aromatic heterocycles. The number of anilines is 2. The highest BCUT2D eigenvalue weighted by Gasteiger charge is 2.45. The molecule has 7 amide bonds. The zero-order chi connectivity index (χ0) is 92.8. The van der Waals surface area contributed by atoms with Crippen molar-refractivity contribution in [3.8, 4) is 23.7 Å². The lowest BCUT2D eigenvalue weighted by Crippen LogP contribution is -2.47. The maximum Gasteiger partial charge on any atom is 0.490 e. The number of aliphatic hydroxyl groups is 2. The average Bonchev–Trinajstić information content (AvgIpc) is 1.70. The molecule has 14 unspecified atom stereocenters. The van der Waals surface area contributed by atoms with Gasteiger partial charge in [-0.2, -0.15) is 27.2 Å². The Hall–Kier alpha value is -7.13. The number of unbranched alkanes of at least 4 members (excludes halogenated alkanes) is 4. The number of nitrogens with two attached hydrogens (primary N) is 3. The fourth-order valence-corrected chi connectivity index (χ4v) is 20.0. The lowest BCUT2D eigenvalue weighted by molar-refractivity contribution is -0.147. The summed E-state index contributed by atoms with van der Waals surface area (Å²) in [6, 6.07) is -4.32. The molecule has 0 radical (unpaired) electrons. The minimum atomic E-state index is -5.79. The number of aliphatic carboxylic acids is 3. The number of ketones is 1. The van der Waals surface area contributed by atoms with E-state index in [-0.39, 0.29) is 111 Å². The van der Waals surface area contributed by atoms with Crippen LogP contribution in [-0.4, -0.2) is 260 Å². The molecule has 123 heavy (non-hydrogen) atoms. The Morgan fingerprint density at radius 3 is 1.31 bits per heavy atom. The van der Waals surface area contributed by atoms with Gasteiger partial charge < -0.3 is 129 Å². The molecule has 14 atom stereocenters. The van der Waals surface area contributed by atoms with Crippen LogP contribution >= 0.6 is 90.1 Å². The molecule has 692 valence electrons. The summed E-state index contributed by atoms with van der Waals surface area (Å²) in [7, 11) is -28.7. The van der Waals surface area contributed by atoms with E-state index in [1.54, 1.807) is 0 Å². The monoisotopic (exact) mass is 1950 g/mol. The summed E-state index contributed by atoms with van der Waals surface area (Å²) in [6.45, 7) is 0.772. The Balaban J connectivity index is 0.000000636. The lowest BCUT2D eigenvalue weighted by Gasteiger charge is -2.19. The summed E-state index contributed by atoms with van der Waals surface area (Å²) in [5.41, 5.74) is 15.7. The molecule has 0 bridgehead atoms. The highest BCUT2D eigenvalue weighted by Crippen LogP contribution is 2.67. The van der Waals surface area contributed by atoms with Gasteiger partial charge in [0.1, 0.15) is 48.4 Å². The molecular weight excluding hydrogens is 1860 g/mol. The number of rotatable bonds is 53. The van der Waals surface area contributed by atoms with Crippen LogP contribution in [0.4, 0.5) is 11.6 Å². The predicted molar refractivity (Wildman–Crippen MR) is 429 cm³/mol. The summed E-state index contributed by atoms with van der Waals surface area (Å²) < 4.78 is 105. The Morgan fingerprint density at radius 1 is 0.520 bits per heavy atom. The van der Waals surface area contributed by atoms with Crippen LogP contribution in [0.5, 0.6) is 0 Å². The maximum atomic E-state index is 12.7. The summed E-state index contributed by atoms with van der Waals surface area (Å²) in [4.78, 5) is 234. The number of ether oxygens (including phenoxy) is 2. The summed E-state index contributed by atoms with van der Waals surface area (Å²) >= 11 is 0. The molecule has 2 aliphatic heterocycles. The fourth-order valence-electron chi connectivity index (χ4n) is 9.68. The number of carbonyl (C=O) groups is 11. The van der Waals surface area contributed by atoms with Crippen molar-refractivity contribution in [3.05, 3.63) is 44.5 Å². The summed E-state index contributed by atoms with van der Waals surface area (Å²) in [5, 5.41) is 65.0. The third kappa shape index (κ3) is 46.8.